The quantitative estimate of drug-likeness (QED) is 0.934. The molecular formula is C16H20FN3O. The van der Waals surface area contributed by atoms with Crippen LogP contribution in [0.15, 0.2) is 18.2 Å². The second-order valence-corrected chi connectivity index (χ2v) is 5.47. The summed E-state index contributed by atoms with van der Waals surface area (Å²) >= 11 is 0. The summed E-state index contributed by atoms with van der Waals surface area (Å²) in [7, 11) is 0. The molecule has 0 atom stereocenters. The van der Waals surface area contributed by atoms with Crippen LogP contribution in [0.1, 0.15) is 47.2 Å². The third-order valence-electron chi connectivity index (χ3n) is 3.49. The van der Waals surface area contributed by atoms with Crippen LogP contribution >= 0.6 is 0 Å². The molecule has 1 aromatic carbocycles. The van der Waals surface area contributed by atoms with Gasteiger partial charge in [-0.3, -0.25) is 9.48 Å². The van der Waals surface area contributed by atoms with Gasteiger partial charge in [-0.2, -0.15) is 5.10 Å². The number of anilines is 1. The third kappa shape index (κ3) is 2.82. The van der Waals surface area contributed by atoms with Crippen molar-refractivity contribution >= 4 is 11.6 Å². The Morgan fingerprint density at radius 1 is 1.29 bits per heavy atom. The molecule has 0 aliphatic rings. The summed E-state index contributed by atoms with van der Waals surface area (Å²) in [5, 5.41) is 7.18. The molecule has 0 bridgehead atoms. The van der Waals surface area contributed by atoms with Crippen LogP contribution in [0.25, 0.3) is 0 Å². The minimum Gasteiger partial charge on any atom is -0.319 e. The van der Waals surface area contributed by atoms with Gasteiger partial charge in [0.2, 0.25) is 0 Å². The summed E-state index contributed by atoms with van der Waals surface area (Å²) in [5.74, 6) is -0.938. The Labute approximate surface area is 124 Å². The lowest BCUT2D eigenvalue weighted by Crippen LogP contribution is -2.15. The normalized spacial score (nSPS) is 11.0. The Kier molecular flexibility index (Phi) is 4.11. The van der Waals surface area contributed by atoms with Gasteiger partial charge >= 0.3 is 0 Å². The first kappa shape index (κ1) is 15.2. The van der Waals surface area contributed by atoms with Crippen molar-refractivity contribution in [1.29, 1.82) is 0 Å². The number of halogens is 1. The molecule has 0 unspecified atom stereocenters. The van der Waals surface area contributed by atoms with E-state index in [1.165, 1.54) is 6.07 Å². The molecule has 0 saturated carbocycles. The molecule has 1 heterocycles. The standard InChI is InChI=1S/C16H20FN3O/c1-9(2)20-12(5)15(11(4)19-20)18-16(21)13-8-6-7-10(3)14(13)17/h6-9H,1-5H3,(H,18,21). The lowest BCUT2D eigenvalue weighted by molar-refractivity contribution is 0.102. The summed E-state index contributed by atoms with van der Waals surface area (Å²) in [6.45, 7) is 9.40. The molecule has 1 aromatic heterocycles. The number of carbonyl (C=O) groups is 1. The predicted octanol–water partition coefficient (Wildman–Crippen LogP) is 3.78. The fourth-order valence-electron chi connectivity index (χ4n) is 2.35. The highest BCUT2D eigenvalue weighted by atomic mass is 19.1. The first-order valence-electron chi connectivity index (χ1n) is 6.95. The van der Waals surface area contributed by atoms with Crippen LogP contribution in [0.3, 0.4) is 0 Å². The van der Waals surface area contributed by atoms with Crippen molar-refractivity contribution in [2.45, 2.75) is 40.7 Å². The van der Waals surface area contributed by atoms with Crippen molar-refractivity contribution in [3.8, 4) is 0 Å². The number of hydrogen-bond acceptors (Lipinski definition) is 2. The minimum absolute atomic E-state index is 0.0473. The number of rotatable bonds is 3. The van der Waals surface area contributed by atoms with Crippen LogP contribution in [-0.4, -0.2) is 15.7 Å². The summed E-state index contributed by atoms with van der Waals surface area (Å²) in [6.07, 6.45) is 0. The van der Waals surface area contributed by atoms with Crippen molar-refractivity contribution in [1.82, 2.24) is 9.78 Å². The largest absolute Gasteiger partial charge is 0.319 e. The maximum atomic E-state index is 14.0. The number of carbonyl (C=O) groups excluding carboxylic acids is 1. The van der Waals surface area contributed by atoms with E-state index < -0.39 is 11.7 Å². The molecule has 1 N–H and O–H groups in total. The van der Waals surface area contributed by atoms with Crippen LogP contribution < -0.4 is 5.32 Å². The Morgan fingerprint density at radius 3 is 2.52 bits per heavy atom. The second kappa shape index (κ2) is 5.68. The summed E-state index contributed by atoms with van der Waals surface area (Å²) in [4.78, 5) is 12.3. The van der Waals surface area contributed by atoms with Crippen LogP contribution in [0.4, 0.5) is 10.1 Å². The molecule has 5 heteroatoms. The van der Waals surface area contributed by atoms with Gasteiger partial charge in [0.1, 0.15) is 5.82 Å². The van der Waals surface area contributed by atoms with Gasteiger partial charge in [0.15, 0.2) is 0 Å². The minimum atomic E-state index is -0.485. The highest BCUT2D eigenvalue weighted by molar-refractivity contribution is 6.05. The molecule has 0 aliphatic heterocycles. The predicted molar refractivity (Wildman–Crippen MR) is 81.2 cm³/mol. The monoisotopic (exact) mass is 289 g/mol. The number of hydrogen-bond donors (Lipinski definition) is 1. The first-order chi connectivity index (χ1) is 9.82. The Morgan fingerprint density at radius 2 is 1.95 bits per heavy atom. The van der Waals surface area contributed by atoms with E-state index >= 15 is 0 Å². The van der Waals surface area contributed by atoms with Crippen LogP contribution in [0, 0.1) is 26.6 Å². The van der Waals surface area contributed by atoms with Gasteiger partial charge in [0, 0.05) is 6.04 Å². The van der Waals surface area contributed by atoms with Crippen molar-refractivity contribution in [3.05, 3.63) is 46.5 Å². The van der Waals surface area contributed by atoms with E-state index in [1.54, 1.807) is 19.1 Å². The summed E-state index contributed by atoms with van der Waals surface area (Å²) in [6, 6.07) is 4.99. The Balaban J connectivity index is 2.34. The lowest BCUT2D eigenvalue weighted by Gasteiger charge is -2.10. The average molecular weight is 289 g/mol. The Hall–Kier alpha value is -2.17. The molecule has 112 valence electrons. The molecule has 0 fully saturated rings. The molecule has 0 radical (unpaired) electrons. The first-order valence-corrected chi connectivity index (χ1v) is 6.95. The zero-order valence-corrected chi connectivity index (χ0v) is 13.0. The number of aryl methyl sites for hydroxylation is 2. The zero-order chi connectivity index (χ0) is 15.7. The van der Waals surface area contributed by atoms with E-state index in [2.05, 4.69) is 10.4 Å². The van der Waals surface area contributed by atoms with E-state index in [1.807, 2.05) is 32.4 Å². The molecule has 0 saturated heterocycles. The highest BCUT2D eigenvalue weighted by Gasteiger charge is 2.18. The Bertz CT molecular complexity index is 689. The van der Waals surface area contributed by atoms with Gasteiger partial charge in [0.25, 0.3) is 5.91 Å². The average Bonchev–Trinajstić information content (AvgIpc) is 2.70. The van der Waals surface area contributed by atoms with E-state index in [9.17, 15) is 9.18 Å². The molecule has 2 aromatic rings. The second-order valence-electron chi connectivity index (χ2n) is 5.47. The van der Waals surface area contributed by atoms with E-state index in [0.717, 1.165) is 11.4 Å². The smallest absolute Gasteiger partial charge is 0.258 e. The van der Waals surface area contributed by atoms with Gasteiger partial charge in [-0.05, 0) is 46.2 Å². The molecule has 0 spiro atoms. The number of benzene rings is 1. The van der Waals surface area contributed by atoms with Gasteiger partial charge in [-0.25, -0.2) is 4.39 Å². The number of amides is 1. The molecule has 0 aliphatic carbocycles. The van der Waals surface area contributed by atoms with Gasteiger partial charge in [0.05, 0.1) is 22.6 Å². The molecule has 21 heavy (non-hydrogen) atoms. The maximum absolute atomic E-state index is 14.0. The molecule has 2 rings (SSSR count). The van der Waals surface area contributed by atoms with E-state index in [-0.39, 0.29) is 11.6 Å². The zero-order valence-electron chi connectivity index (χ0n) is 13.0. The number of nitrogens with zero attached hydrogens (tertiary/aromatic N) is 2. The summed E-state index contributed by atoms with van der Waals surface area (Å²) < 4.78 is 15.9. The van der Waals surface area contributed by atoms with Gasteiger partial charge < -0.3 is 5.32 Å². The molecule has 4 nitrogen and oxygen atoms in total. The van der Waals surface area contributed by atoms with Crippen LogP contribution in [-0.2, 0) is 0 Å². The summed E-state index contributed by atoms with van der Waals surface area (Å²) in [5.41, 5.74) is 2.74. The van der Waals surface area contributed by atoms with Crippen LogP contribution in [0.2, 0.25) is 0 Å². The van der Waals surface area contributed by atoms with Crippen molar-refractivity contribution < 1.29 is 9.18 Å². The van der Waals surface area contributed by atoms with Crippen molar-refractivity contribution in [3.63, 3.8) is 0 Å². The SMILES string of the molecule is Cc1cccc(C(=O)Nc2c(C)nn(C(C)C)c2C)c1F. The topological polar surface area (TPSA) is 46.9 Å². The lowest BCUT2D eigenvalue weighted by atomic mass is 10.1. The fraction of sp³-hybridized carbons (Fsp3) is 0.375. The van der Waals surface area contributed by atoms with E-state index in [4.69, 9.17) is 0 Å². The number of aromatic nitrogens is 2. The maximum Gasteiger partial charge on any atom is 0.258 e. The van der Waals surface area contributed by atoms with Crippen LogP contribution in [0.5, 0.6) is 0 Å². The van der Waals surface area contributed by atoms with Crippen molar-refractivity contribution in [2.75, 3.05) is 5.32 Å². The van der Waals surface area contributed by atoms with Gasteiger partial charge in [-0.15, -0.1) is 0 Å². The van der Waals surface area contributed by atoms with E-state index in [0.29, 0.717) is 11.3 Å². The fourth-order valence-corrected chi connectivity index (χ4v) is 2.35. The highest BCUT2D eigenvalue weighted by Crippen LogP contribution is 2.23. The van der Waals surface area contributed by atoms with Gasteiger partial charge in [-0.1, -0.05) is 12.1 Å². The molecular weight excluding hydrogens is 269 g/mol. The number of nitrogens with one attached hydrogen (secondary N) is 1. The molecule has 1 amide bonds. The third-order valence-corrected chi connectivity index (χ3v) is 3.49. The van der Waals surface area contributed by atoms with Crippen molar-refractivity contribution in [2.24, 2.45) is 0 Å².